The van der Waals surface area contributed by atoms with Gasteiger partial charge in [-0.1, -0.05) is 23.7 Å². The molecule has 13 heavy (non-hydrogen) atoms. The Morgan fingerprint density at radius 1 is 1.46 bits per heavy atom. The largest absolute Gasteiger partial charge is 0.479 e. The van der Waals surface area contributed by atoms with Crippen molar-refractivity contribution in [3.8, 4) is 5.75 Å². The Bertz CT molecular complexity index is 423. The molecule has 1 fully saturated rings. The van der Waals surface area contributed by atoms with Gasteiger partial charge in [0.05, 0.1) is 5.02 Å². The van der Waals surface area contributed by atoms with Crippen molar-refractivity contribution in [1.29, 1.82) is 0 Å². The number of benzene rings is 1. The molecule has 0 radical (unpaired) electrons. The summed E-state index contributed by atoms with van der Waals surface area (Å²) in [5.74, 6) is 1.07. The summed E-state index contributed by atoms with van der Waals surface area (Å²) in [5.41, 5.74) is 1.11. The first-order valence-corrected chi connectivity index (χ1v) is 4.52. The van der Waals surface area contributed by atoms with Crippen LogP contribution in [-0.4, -0.2) is 12.1 Å². The summed E-state index contributed by atoms with van der Waals surface area (Å²) < 4.78 is 5.57. The Balaban J connectivity index is 2.10. The highest BCUT2D eigenvalue weighted by Crippen LogP contribution is 2.57. The fraction of sp³-hybridized carbons (Fsp3) is 0.300. The van der Waals surface area contributed by atoms with Crippen molar-refractivity contribution in [3.63, 3.8) is 0 Å². The molecule has 0 saturated heterocycles. The number of fused-ring (bicyclic) bond motifs is 3. The highest BCUT2D eigenvalue weighted by atomic mass is 35.5. The monoisotopic (exact) mass is 191 g/mol. The molecule has 0 N–H and O–H groups in total. The van der Waals surface area contributed by atoms with E-state index in [-0.39, 0.29) is 18.1 Å². The van der Waals surface area contributed by atoms with E-state index in [9.17, 15) is 0 Å². The van der Waals surface area contributed by atoms with Gasteiger partial charge >= 0.3 is 0 Å². The highest BCUT2D eigenvalue weighted by molar-refractivity contribution is 6.32. The molecule has 0 bridgehead atoms. The van der Waals surface area contributed by atoms with Crippen LogP contribution in [0.3, 0.4) is 0 Å². The smallest absolute Gasteiger partial charge is 0.271 e. The maximum Gasteiger partial charge on any atom is 0.271 e. The molecule has 1 heterocycles. The molecule has 1 aliphatic carbocycles. The van der Waals surface area contributed by atoms with Gasteiger partial charge in [0.25, 0.3) is 6.04 Å². The van der Waals surface area contributed by atoms with E-state index in [4.69, 9.17) is 22.9 Å². The fourth-order valence-electron chi connectivity index (χ4n) is 1.97. The number of para-hydroxylation sites is 1. The Kier molecular flexibility index (Phi) is 1.21. The summed E-state index contributed by atoms with van der Waals surface area (Å²) >= 11 is 5.94. The van der Waals surface area contributed by atoms with Gasteiger partial charge in [-0.15, -0.1) is 0 Å². The quantitative estimate of drug-likeness (QED) is 0.575. The van der Waals surface area contributed by atoms with Gasteiger partial charge in [0, 0.05) is 5.56 Å². The van der Waals surface area contributed by atoms with Crippen LogP contribution in [0.5, 0.6) is 5.75 Å². The van der Waals surface area contributed by atoms with Crippen molar-refractivity contribution < 1.29 is 4.74 Å². The van der Waals surface area contributed by atoms with Crippen LogP contribution in [0.1, 0.15) is 11.5 Å². The second-order valence-corrected chi connectivity index (χ2v) is 3.79. The van der Waals surface area contributed by atoms with Crippen molar-refractivity contribution in [3.05, 3.63) is 40.2 Å². The molecule has 0 amide bonds. The molecule has 0 unspecified atom stereocenters. The van der Waals surface area contributed by atoms with Gasteiger partial charge in [-0.05, 0) is 6.07 Å². The molecule has 1 saturated carbocycles. The van der Waals surface area contributed by atoms with E-state index in [0.717, 1.165) is 11.3 Å². The summed E-state index contributed by atoms with van der Waals surface area (Å²) in [6, 6.07) is 5.76. The van der Waals surface area contributed by atoms with Crippen LogP contribution in [0.2, 0.25) is 5.02 Å². The maximum atomic E-state index is 6.93. The van der Waals surface area contributed by atoms with E-state index in [0.29, 0.717) is 5.02 Å². The molecule has 1 aromatic rings. The lowest BCUT2D eigenvalue weighted by atomic mass is 10.1. The van der Waals surface area contributed by atoms with Gasteiger partial charge in [0.2, 0.25) is 0 Å². The van der Waals surface area contributed by atoms with Gasteiger partial charge < -0.3 is 9.58 Å². The van der Waals surface area contributed by atoms with Crippen molar-refractivity contribution in [1.82, 2.24) is 0 Å². The van der Waals surface area contributed by atoms with E-state index in [1.165, 1.54) is 0 Å². The van der Waals surface area contributed by atoms with Crippen molar-refractivity contribution in [2.45, 2.75) is 18.1 Å². The first-order chi connectivity index (χ1) is 6.33. The van der Waals surface area contributed by atoms with Crippen LogP contribution >= 0.6 is 11.6 Å². The Labute approximate surface area is 80.9 Å². The number of nitrogens with zero attached hydrogens (tertiary/aromatic N) is 1. The second kappa shape index (κ2) is 2.18. The van der Waals surface area contributed by atoms with Crippen LogP contribution in [0.4, 0.5) is 0 Å². The standard InChI is InChI=1S/C10H6ClNO/c1-12-8-7-5-3-2-4-6(11)9(5)13-10(7)8/h2-4,7-8,10H/t7-,8-,10-/m1/s1. The number of hydrogen-bond donors (Lipinski definition) is 0. The SMILES string of the molecule is [C-]#[N+][C@H]1[C@@H]2Oc3c(Cl)cccc3[C@H]12. The summed E-state index contributed by atoms with van der Waals surface area (Å²) in [5, 5.41) is 0.661. The van der Waals surface area contributed by atoms with Gasteiger partial charge in [0.1, 0.15) is 11.7 Å². The molecule has 3 heteroatoms. The maximum absolute atomic E-state index is 6.93. The predicted octanol–water partition coefficient (Wildman–Crippen LogP) is 2.49. The Hall–Kier alpha value is -1.20. The van der Waals surface area contributed by atoms with Gasteiger partial charge in [-0.2, -0.15) is 0 Å². The van der Waals surface area contributed by atoms with Crippen LogP contribution in [0.25, 0.3) is 4.85 Å². The Morgan fingerprint density at radius 2 is 2.31 bits per heavy atom. The minimum Gasteiger partial charge on any atom is -0.479 e. The first kappa shape index (κ1) is 7.23. The molecule has 1 aliphatic heterocycles. The molecule has 0 aromatic heterocycles. The molecule has 2 nitrogen and oxygen atoms in total. The zero-order valence-corrected chi connectivity index (χ0v) is 7.45. The number of hydrogen-bond acceptors (Lipinski definition) is 1. The zero-order chi connectivity index (χ0) is 9.00. The van der Waals surface area contributed by atoms with Gasteiger partial charge in [0.15, 0.2) is 6.10 Å². The first-order valence-electron chi connectivity index (χ1n) is 4.14. The molecule has 3 atom stereocenters. The summed E-state index contributed by atoms with van der Waals surface area (Å²) in [7, 11) is 0. The van der Waals surface area contributed by atoms with E-state index in [1.54, 1.807) is 0 Å². The van der Waals surface area contributed by atoms with Crippen LogP contribution < -0.4 is 4.74 Å². The summed E-state index contributed by atoms with van der Waals surface area (Å²) in [6.07, 6.45) is 0.0763. The lowest BCUT2D eigenvalue weighted by Crippen LogP contribution is -1.99. The van der Waals surface area contributed by atoms with E-state index in [2.05, 4.69) is 4.85 Å². The minimum absolute atomic E-state index is 0.0333. The molecule has 64 valence electrons. The van der Waals surface area contributed by atoms with E-state index < -0.39 is 0 Å². The second-order valence-electron chi connectivity index (χ2n) is 3.39. The number of rotatable bonds is 0. The molecule has 3 rings (SSSR count). The minimum atomic E-state index is 0.0333. The van der Waals surface area contributed by atoms with E-state index >= 15 is 0 Å². The Morgan fingerprint density at radius 3 is 3.08 bits per heavy atom. The van der Waals surface area contributed by atoms with Crippen LogP contribution in [0, 0.1) is 6.57 Å². The molecule has 2 aliphatic rings. The van der Waals surface area contributed by atoms with Crippen LogP contribution in [-0.2, 0) is 0 Å². The molecular formula is C10H6ClNO. The third kappa shape index (κ3) is 0.777. The molecule has 1 aromatic carbocycles. The normalized spacial score (nSPS) is 32.8. The molecule has 0 spiro atoms. The highest BCUT2D eigenvalue weighted by Gasteiger charge is 2.66. The lowest BCUT2D eigenvalue weighted by Gasteiger charge is -2.04. The van der Waals surface area contributed by atoms with E-state index in [1.807, 2.05) is 18.2 Å². The molecular weight excluding hydrogens is 186 g/mol. The fourth-order valence-corrected chi connectivity index (χ4v) is 2.20. The van der Waals surface area contributed by atoms with Gasteiger partial charge in [-0.3, -0.25) is 0 Å². The zero-order valence-electron chi connectivity index (χ0n) is 6.70. The number of ether oxygens (including phenoxy) is 1. The summed E-state index contributed by atoms with van der Waals surface area (Å²) in [6.45, 7) is 6.93. The van der Waals surface area contributed by atoms with Crippen molar-refractivity contribution >= 4 is 11.6 Å². The van der Waals surface area contributed by atoms with Crippen molar-refractivity contribution in [2.75, 3.05) is 0 Å². The topological polar surface area (TPSA) is 13.6 Å². The third-order valence-corrected chi connectivity index (χ3v) is 2.97. The average Bonchev–Trinajstić information content (AvgIpc) is 2.70. The lowest BCUT2D eigenvalue weighted by molar-refractivity contribution is 0.316. The predicted molar refractivity (Wildman–Crippen MR) is 49.0 cm³/mol. The average molecular weight is 192 g/mol. The van der Waals surface area contributed by atoms with Crippen molar-refractivity contribution in [2.24, 2.45) is 0 Å². The number of halogens is 1. The summed E-state index contributed by atoms with van der Waals surface area (Å²) in [4.78, 5) is 3.50. The van der Waals surface area contributed by atoms with Crippen LogP contribution in [0.15, 0.2) is 18.2 Å². The third-order valence-electron chi connectivity index (χ3n) is 2.68. The van der Waals surface area contributed by atoms with Gasteiger partial charge in [-0.25, -0.2) is 6.57 Å².